The summed E-state index contributed by atoms with van der Waals surface area (Å²) in [5, 5.41) is 3.47. The monoisotopic (exact) mass is 351 g/mol. The number of hydrogen-bond acceptors (Lipinski definition) is 3. The smallest absolute Gasteiger partial charge is 0.253 e. The molecule has 0 radical (unpaired) electrons. The van der Waals surface area contributed by atoms with E-state index in [0.29, 0.717) is 0 Å². The molecule has 1 N–H and O–H groups in total. The molecule has 1 aliphatic heterocycles. The predicted octanol–water partition coefficient (Wildman–Crippen LogP) is 3.54. The zero-order chi connectivity index (χ0) is 18.6. The summed E-state index contributed by atoms with van der Waals surface area (Å²) in [6.45, 7) is 10.6. The fraction of sp³-hybridized carbons (Fsp3) is 0.409. The SMILES string of the molecule is CC(C)(C)NCc1ccc(C(=O)N2CCN(c3ccccc3)CC2)cc1. The maximum Gasteiger partial charge on any atom is 0.253 e. The fourth-order valence-corrected chi connectivity index (χ4v) is 3.12. The Morgan fingerprint density at radius 3 is 2.12 bits per heavy atom. The molecule has 0 saturated carbocycles. The van der Waals surface area contributed by atoms with Gasteiger partial charge in [0.25, 0.3) is 5.91 Å². The Morgan fingerprint density at radius 2 is 1.54 bits per heavy atom. The van der Waals surface area contributed by atoms with Crippen LogP contribution in [0.15, 0.2) is 54.6 Å². The van der Waals surface area contributed by atoms with E-state index in [1.807, 2.05) is 35.2 Å². The minimum Gasteiger partial charge on any atom is -0.368 e. The van der Waals surface area contributed by atoms with Crippen LogP contribution in [0.1, 0.15) is 36.7 Å². The summed E-state index contributed by atoms with van der Waals surface area (Å²) in [6, 6.07) is 18.4. The van der Waals surface area contributed by atoms with Crippen LogP contribution in [0.4, 0.5) is 5.69 Å². The molecule has 0 aliphatic carbocycles. The van der Waals surface area contributed by atoms with Crippen molar-refractivity contribution < 1.29 is 4.79 Å². The van der Waals surface area contributed by atoms with Crippen LogP contribution in [-0.4, -0.2) is 42.5 Å². The molecule has 4 nitrogen and oxygen atoms in total. The summed E-state index contributed by atoms with van der Waals surface area (Å²) in [5.41, 5.74) is 3.30. The van der Waals surface area contributed by atoms with Crippen molar-refractivity contribution in [1.29, 1.82) is 0 Å². The summed E-state index contributed by atoms with van der Waals surface area (Å²) in [7, 11) is 0. The van der Waals surface area contributed by atoms with Crippen molar-refractivity contribution >= 4 is 11.6 Å². The highest BCUT2D eigenvalue weighted by Crippen LogP contribution is 2.17. The molecule has 3 rings (SSSR count). The maximum atomic E-state index is 12.8. The summed E-state index contributed by atoms with van der Waals surface area (Å²) in [4.78, 5) is 17.1. The Hall–Kier alpha value is -2.33. The van der Waals surface area contributed by atoms with Crippen LogP contribution in [0, 0.1) is 0 Å². The van der Waals surface area contributed by atoms with Crippen molar-refractivity contribution in [2.45, 2.75) is 32.9 Å². The standard InChI is InChI=1S/C22H29N3O/c1-22(2,3)23-17-18-9-11-19(12-10-18)21(26)25-15-13-24(14-16-25)20-7-5-4-6-8-20/h4-12,23H,13-17H2,1-3H3. The Bertz CT molecular complexity index is 711. The first-order valence-corrected chi connectivity index (χ1v) is 9.36. The Balaban J connectivity index is 1.55. The molecule has 1 heterocycles. The Labute approximate surface area is 156 Å². The minimum absolute atomic E-state index is 0.0902. The van der Waals surface area contributed by atoms with Gasteiger partial charge in [-0.2, -0.15) is 0 Å². The van der Waals surface area contributed by atoms with Gasteiger partial charge in [-0.15, -0.1) is 0 Å². The summed E-state index contributed by atoms with van der Waals surface area (Å²) in [5.74, 6) is 0.132. The molecular weight excluding hydrogens is 322 g/mol. The molecule has 0 spiro atoms. The number of anilines is 1. The average molecular weight is 351 g/mol. The van der Waals surface area contributed by atoms with Crippen LogP contribution < -0.4 is 10.2 Å². The lowest BCUT2D eigenvalue weighted by molar-refractivity contribution is 0.0747. The highest BCUT2D eigenvalue weighted by Gasteiger charge is 2.22. The number of rotatable bonds is 4. The van der Waals surface area contributed by atoms with Crippen molar-refractivity contribution in [3.63, 3.8) is 0 Å². The number of piperazine rings is 1. The van der Waals surface area contributed by atoms with E-state index in [4.69, 9.17) is 0 Å². The molecule has 1 amide bonds. The van der Waals surface area contributed by atoms with Gasteiger partial charge in [-0.3, -0.25) is 4.79 Å². The number of para-hydroxylation sites is 1. The zero-order valence-electron chi connectivity index (χ0n) is 16.0. The predicted molar refractivity (Wildman–Crippen MR) is 108 cm³/mol. The number of carbonyl (C=O) groups excluding carboxylic acids is 1. The number of benzene rings is 2. The second kappa shape index (κ2) is 7.92. The maximum absolute atomic E-state index is 12.8. The van der Waals surface area contributed by atoms with E-state index in [1.54, 1.807) is 0 Å². The van der Waals surface area contributed by atoms with E-state index in [0.717, 1.165) is 38.3 Å². The molecule has 0 unspecified atom stereocenters. The van der Waals surface area contributed by atoms with Crippen molar-refractivity contribution in [2.75, 3.05) is 31.1 Å². The first-order valence-electron chi connectivity index (χ1n) is 9.36. The van der Waals surface area contributed by atoms with Crippen molar-refractivity contribution in [3.05, 3.63) is 65.7 Å². The fourth-order valence-electron chi connectivity index (χ4n) is 3.12. The van der Waals surface area contributed by atoms with Gasteiger partial charge in [0, 0.05) is 49.5 Å². The quantitative estimate of drug-likeness (QED) is 0.915. The molecule has 0 atom stereocenters. The zero-order valence-corrected chi connectivity index (χ0v) is 16.0. The number of nitrogens with zero attached hydrogens (tertiary/aromatic N) is 2. The molecule has 4 heteroatoms. The topological polar surface area (TPSA) is 35.6 Å². The number of carbonyl (C=O) groups is 1. The minimum atomic E-state index is 0.0902. The van der Waals surface area contributed by atoms with Gasteiger partial charge >= 0.3 is 0 Å². The lowest BCUT2D eigenvalue weighted by atomic mass is 10.1. The first-order chi connectivity index (χ1) is 12.4. The van der Waals surface area contributed by atoms with Gasteiger partial charge in [0.1, 0.15) is 0 Å². The molecule has 26 heavy (non-hydrogen) atoms. The van der Waals surface area contributed by atoms with Gasteiger partial charge in [0.05, 0.1) is 0 Å². The number of amides is 1. The summed E-state index contributed by atoms with van der Waals surface area (Å²) in [6.07, 6.45) is 0. The highest BCUT2D eigenvalue weighted by molar-refractivity contribution is 5.94. The molecule has 1 saturated heterocycles. The Morgan fingerprint density at radius 1 is 0.923 bits per heavy atom. The number of hydrogen-bond donors (Lipinski definition) is 1. The lowest BCUT2D eigenvalue weighted by Gasteiger charge is -2.36. The third kappa shape index (κ3) is 4.85. The van der Waals surface area contributed by atoms with Crippen LogP contribution in [-0.2, 0) is 6.54 Å². The van der Waals surface area contributed by atoms with Crippen molar-refractivity contribution in [3.8, 4) is 0 Å². The largest absolute Gasteiger partial charge is 0.368 e. The van der Waals surface area contributed by atoms with Gasteiger partial charge in [-0.25, -0.2) is 0 Å². The molecular formula is C22H29N3O. The summed E-state index contributed by atoms with van der Waals surface area (Å²) >= 11 is 0. The van der Waals surface area contributed by atoms with Gasteiger partial charge in [-0.1, -0.05) is 30.3 Å². The van der Waals surface area contributed by atoms with Crippen LogP contribution in [0.5, 0.6) is 0 Å². The van der Waals surface area contributed by atoms with Crippen LogP contribution >= 0.6 is 0 Å². The van der Waals surface area contributed by atoms with E-state index >= 15 is 0 Å². The van der Waals surface area contributed by atoms with E-state index < -0.39 is 0 Å². The van der Waals surface area contributed by atoms with Crippen molar-refractivity contribution in [1.82, 2.24) is 10.2 Å². The van der Waals surface area contributed by atoms with E-state index in [9.17, 15) is 4.79 Å². The van der Waals surface area contributed by atoms with E-state index in [-0.39, 0.29) is 11.4 Å². The van der Waals surface area contributed by atoms with E-state index in [2.05, 4.69) is 55.3 Å². The first kappa shape index (κ1) is 18.5. The number of nitrogens with one attached hydrogen (secondary N) is 1. The lowest BCUT2D eigenvalue weighted by Crippen LogP contribution is -2.48. The van der Waals surface area contributed by atoms with Crippen molar-refractivity contribution in [2.24, 2.45) is 0 Å². The highest BCUT2D eigenvalue weighted by atomic mass is 16.2. The molecule has 1 fully saturated rings. The van der Waals surface area contributed by atoms with Gasteiger partial charge in [-0.05, 0) is 50.6 Å². The Kier molecular flexibility index (Phi) is 5.62. The second-order valence-electron chi connectivity index (χ2n) is 7.92. The van der Waals surface area contributed by atoms with Gasteiger partial charge < -0.3 is 15.1 Å². The summed E-state index contributed by atoms with van der Waals surface area (Å²) < 4.78 is 0. The molecule has 2 aromatic carbocycles. The van der Waals surface area contributed by atoms with Crippen LogP contribution in [0.25, 0.3) is 0 Å². The van der Waals surface area contributed by atoms with Crippen LogP contribution in [0.2, 0.25) is 0 Å². The molecule has 0 bridgehead atoms. The third-order valence-corrected chi connectivity index (χ3v) is 4.71. The van der Waals surface area contributed by atoms with Crippen LogP contribution in [0.3, 0.4) is 0 Å². The second-order valence-corrected chi connectivity index (χ2v) is 7.92. The average Bonchev–Trinajstić information content (AvgIpc) is 2.66. The molecule has 2 aromatic rings. The van der Waals surface area contributed by atoms with E-state index in [1.165, 1.54) is 11.3 Å². The molecule has 1 aliphatic rings. The molecule has 138 valence electrons. The third-order valence-electron chi connectivity index (χ3n) is 4.71. The van der Waals surface area contributed by atoms with Gasteiger partial charge in [0.2, 0.25) is 0 Å². The molecule has 0 aromatic heterocycles. The van der Waals surface area contributed by atoms with Gasteiger partial charge in [0.15, 0.2) is 0 Å². The normalized spacial score (nSPS) is 15.2.